The molecule has 0 aliphatic carbocycles. The Morgan fingerprint density at radius 1 is 1.35 bits per heavy atom. The Kier molecular flexibility index (Phi) is 6.64. The van der Waals surface area contributed by atoms with E-state index in [1.807, 2.05) is 0 Å². The molecule has 7 nitrogen and oxygen atoms in total. The zero-order valence-electron chi connectivity index (χ0n) is 13.0. The van der Waals surface area contributed by atoms with Gasteiger partial charge in [0.15, 0.2) is 5.69 Å². The first-order chi connectivity index (χ1) is 11.2. The Morgan fingerprint density at radius 2 is 2.22 bits per heavy atom. The van der Waals surface area contributed by atoms with Gasteiger partial charge in [-0.25, -0.2) is 9.07 Å². The quantitative estimate of drug-likeness (QED) is 0.655. The molecule has 23 heavy (non-hydrogen) atoms. The molecule has 0 spiro atoms. The number of carbonyl (C=O) groups is 1. The van der Waals surface area contributed by atoms with Gasteiger partial charge in [0, 0.05) is 26.7 Å². The van der Waals surface area contributed by atoms with Gasteiger partial charge in [-0.1, -0.05) is 17.3 Å². The second-order valence-electron chi connectivity index (χ2n) is 4.93. The van der Waals surface area contributed by atoms with Gasteiger partial charge in [0.2, 0.25) is 0 Å². The number of aromatic nitrogens is 3. The van der Waals surface area contributed by atoms with Gasteiger partial charge in [-0.2, -0.15) is 0 Å². The highest BCUT2D eigenvalue weighted by atomic mass is 19.1. The predicted octanol–water partition coefficient (Wildman–Crippen LogP) is 0.431. The number of hydrogen-bond acceptors (Lipinski definition) is 5. The van der Waals surface area contributed by atoms with E-state index in [0.717, 1.165) is 12.1 Å². The fourth-order valence-corrected chi connectivity index (χ4v) is 1.96. The van der Waals surface area contributed by atoms with Crippen LogP contribution in [0.4, 0.5) is 4.39 Å². The largest absolute Gasteiger partial charge is 0.383 e. The normalized spacial score (nSPS) is 10.7. The number of halogens is 1. The molecule has 0 unspecified atom stereocenters. The molecule has 0 aliphatic heterocycles. The number of methoxy groups -OCH3 is 1. The van der Waals surface area contributed by atoms with Crippen LogP contribution < -0.4 is 10.6 Å². The molecule has 1 aromatic carbocycles. The Labute approximate surface area is 133 Å². The van der Waals surface area contributed by atoms with E-state index < -0.39 is 0 Å². The second kappa shape index (κ2) is 8.96. The highest BCUT2D eigenvalue weighted by molar-refractivity contribution is 5.91. The van der Waals surface area contributed by atoms with Crippen molar-refractivity contribution in [3.63, 3.8) is 0 Å². The average Bonchev–Trinajstić information content (AvgIpc) is 2.99. The number of carbonyl (C=O) groups excluding carboxylic acids is 1. The zero-order valence-corrected chi connectivity index (χ0v) is 13.0. The van der Waals surface area contributed by atoms with Gasteiger partial charge in [-0.3, -0.25) is 4.79 Å². The monoisotopic (exact) mass is 321 g/mol. The van der Waals surface area contributed by atoms with Crippen LogP contribution >= 0.6 is 0 Å². The summed E-state index contributed by atoms with van der Waals surface area (Å²) in [4.78, 5) is 11.9. The minimum atomic E-state index is -0.304. The third-order valence-electron chi connectivity index (χ3n) is 3.08. The minimum absolute atomic E-state index is 0.235. The van der Waals surface area contributed by atoms with E-state index in [2.05, 4.69) is 20.9 Å². The number of rotatable bonds is 9. The highest BCUT2D eigenvalue weighted by Crippen LogP contribution is 2.05. The van der Waals surface area contributed by atoms with Gasteiger partial charge >= 0.3 is 0 Å². The molecule has 0 saturated heterocycles. The fraction of sp³-hybridized carbons (Fsp3) is 0.400. The molecule has 0 aliphatic rings. The number of nitrogens with one attached hydrogen (secondary N) is 2. The van der Waals surface area contributed by atoms with Crippen molar-refractivity contribution in [2.45, 2.75) is 6.54 Å². The molecule has 2 N–H and O–H groups in total. The summed E-state index contributed by atoms with van der Waals surface area (Å²) in [6.07, 6.45) is 1.54. The van der Waals surface area contributed by atoms with Crippen molar-refractivity contribution < 1.29 is 13.9 Å². The van der Waals surface area contributed by atoms with Gasteiger partial charge in [-0.15, -0.1) is 5.10 Å². The summed E-state index contributed by atoms with van der Waals surface area (Å²) in [6.45, 7) is 2.85. The van der Waals surface area contributed by atoms with Crippen molar-refractivity contribution in [3.8, 4) is 0 Å². The minimum Gasteiger partial charge on any atom is -0.383 e. The summed E-state index contributed by atoms with van der Waals surface area (Å²) < 4.78 is 19.5. The number of ether oxygens (including phenoxy) is 1. The van der Waals surface area contributed by atoms with Crippen LogP contribution in [0, 0.1) is 5.82 Å². The first-order valence-corrected chi connectivity index (χ1v) is 7.31. The van der Waals surface area contributed by atoms with Gasteiger partial charge in [0.1, 0.15) is 5.82 Å². The summed E-state index contributed by atoms with van der Waals surface area (Å²) in [5.41, 5.74) is 0.988. The number of hydrogen-bond donors (Lipinski definition) is 2. The molecular formula is C15H20FN5O2. The molecule has 8 heteroatoms. The van der Waals surface area contributed by atoms with Crippen LogP contribution in [-0.2, 0) is 11.3 Å². The van der Waals surface area contributed by atoms with Gasteiger partial charge in [0.05, 0.1) is 19.3 Å². The number of benzene rings is 1. The van der Waals surface area contributed by atoms with E-state index in [1.54, 1.807) is 25.4 Å². The predicted molar refractivity (Wildman–Crippen MR) is 82.6 cm³/mol. The number of amides is 1. The van der Waals surface area contributed by atoms with Crippen LogP contribution in [0.25, 0.3) is 0 Å². The molecule has 0 bridgehead atoms. The standard InChI is InChI=1S/C15H20FN5O2/c1-23-8-7-17-5-6-18-15(22)14-11-21(20-19-14)10-12-3-2-4-13(16)9-12/h2-4,9,11,17H,5-8,10H2,1H3,(H,18,22). The van der Waals surface area contributed by atoms with Crippen molar-refractivity contribution >= 4 is 5.91 Å². The van der Waals surface area contributed by atoms with Crippen LogP contribution in [0.5, 0.6) is 0 Å². The maximum atomic E-state index is 13.1. The third kappa shape index (κ3) is 5.76. The molecule has 0 fully saturated rings. The van der Waals surface area contributed by atoms with E-state index in [0.29, 0.717) is 26.2 Å². The molecule has 0 atom stereocenters. The molecule has 2 aromatic rings. The lowest BCUT2D eigenvalue weighted by molar-refractivity contribution is 0.0948. The Hall–Kier alpha value is -2.32. The molecule has 0 saturated carbocycles. The van der Waals surface area contributed by atoms with Crippen LogP contribution in [0.3, 0.4) is 0 Å². The molecule has 0 radical (unpaired) electrons. The summed E-state index contributed by atoms with van der Waals surface area (Å²) in [5.74, 6) is -0.592. The second-order valence-corrected chi connectivity index (χ2v) is 4.93. The van der Waals surface area contributed by atoms with E-state index in [9.17, 15) is 9.18 Å². The first-order valence-electron chi connectivity index (χ1n) is 7.31. The summed E-state index contributed by atoms with van der Waals surface area (Å²) >= 11 is 0. The number of nitrogens with zero attached hydrogens (tertiary/aromatic N) is 3. The van der Waals surface area contributed by atoms with Crippen LogP contribution in [0.2, 0.25) is 0 Å². The highest BCUT2D eigenvalue weighted by Gasteiger charge is 2.10. The maximum absolute atomic E-state index is 13.1. The molecular weight excluding hydrogens is 301 g/mol. The van der Waals surface area contributed by atoms with Gasteiger partial charge in [-0.05, 0) is 17.7 Å². The van der Waals surface area contributed by atoms with E-state index in [1.165, 1.54) is 16.8 Å². The maximum Gasteiger partial charge on any atom is 0.273 e. The van der Waals surface area contributed by atoms with E-state index in [4.69, 9.17) is 4.74 Å². The van der Waals surface area contributed by atoms with Gasteiger partial charge < -0.3 is 15.4 Å². The lowest BCUT2D eigenvalue weighted by Gasteiger charge is -2.04. The molecule has 1 aromatic heterocycles. The van der Waals surface area contributed by atoms with Crippen molar-refractivity contribution in [3.05, 3.63) is 47.5 Å². The smallest absolute Gasteiger partial charge is 0.273 e. The van der Waals surface area contributed by atoms with E-state index >= 15 is 0 Å². The fourth-order valence-electron chi connectivity index (χ4n) is 1.96. The average molecular weight is 321 g/mol. The Morgan fingerprint density at radius 3 is 3.00 bits per heavy atom. The lowest BCUT2D eigenvalue weighted by atomic mass is 10.2. The lowest BCUT2D eigenvalue weighted by Crippen LogP contribution is -2.33. The molecule has 1 amide bonds. The summed E-state index contributed by atoms with van der Waals surface area (Å²) in [6, 6.07) is 6.22. The van der Waals surface area contributed by atoms with Crippen LogP contribution in [0.15, 0.2) is 30.5 Å². The van der Waals surface area contributed by atoms with Crippen molar-refractivity contribution in [2.24, 2.45) is 0 Å². The SMILES string of the molecule is COCCNCCNC(=O)c1cn(Cc2cccc(F)c2)nn1. The van der Waals surface area contributed by atoms with Gasteiger partial charge in [0.25, 0.3) is 5.91 Å². The third-order valence-corrected chi connectivity index (χ3v) is 3.08. The zero-order chi connectivity index (χ0) is 16.5. The molecule has 124 valence electrons. The van der Waals surface area contributed by atoms with Crippen molar-refractivity contribution in [1.82, 2.24) is 25.6 Å². The van der Waals surface area contributed by atoms with Crippen molar-refractivity contribution in [2.75, 3.05) is 33.4 Å². The molecule has 1 heterocycles. The Bertz CT molecular complexity index is 632. The van der Waals surface area contributed by atoms with Crippen LogP contribution in [0.1, 0.15) is 16.1 Å². The van der Waals surface area contributed by atoms with Crippen molar-refractivity contribution in [1.29, 1.82) is 0 Å². The first kappa shape index (κ1) is 17.0. The Balaban J connectivity index is 1.78. The summed E-state index contributed by atoms with van der Waals surface area (Å²) in [7, 11) is 1.64. The summed E-state index contributed by atoms with van der Waals surface area (Å²) in [5, 5.41) is 13.6. The van der Waals surface area contributed by atoms with Crippen LogP contribution in [-0.4, -0.2) is 54.3 Å². The topological polar surface area (TPSA) is 81.1 Å². The molecule has 2 rings (SSSR count). The van der Waals surface area contributed by atoms with E-state index in [-0.39, 0.29) is 17.4 Å².